The van der Waals surface area contributed by atoms with Crippen LogP contribution in [0, 0.1) is 11.8 Å². The van der Waals surface area contributed by atoms with E-state index in [9.17, 15) is 4.79 Å². The van der Waals surface area contributed by atoms with Crippen molar-refractivity contribution in [3.05, 3.63) is 0 Å². The normalized spacial score (nSPS) is 38.3. The van der Waals surface area contributed by atoms with Crippen molar-refractivity contribution in [2.75, 3.05) is 13.1 Å². The second-order valence-corrected chi connectivity index (χ2v) is 4.77. The Balaban J connectivity index is 1.92. The Morgan fingerprint density at radius 2 is 2.21 bits per heavy atom. The third kappa shape index (κ3) is 1.78. The molecule has 14 heavy (non-hydrogen) atoms. The molecule has 3 nitrogen and oxygen atoms in total. The van der Waals surface area contributed by atoms with Crippen LogP contribution in [0.2, 0.25) is 0 Å². The van der Waals surface area contributed by atoms with Gasteiger partial charge in [-0.3, -0.25) is 10.1 Å². The summed E-state index contributed by atoms with van der Waals surface area (Å²) in [6.45, 7) is 5.89. The van der Waals surface area contributed by atoms with E-state index in [-0.39, 0.29) is 12.1 Å². The van der Waals surface area contributed by atoms with Crippen LogP contribution in [0.1, 0.15) is 33.1 Å². The second kappa shape index (κ2) is 3.89. The summed E-state index contributed by atoms with van der Waals surface area (Å²) in [6, 6.07) is 0. The lowest BCUT2D eigenvalue weighted by Crippen LogP contribution is -2.38. The summed E-state index contributed by atoms with van der Waals surface area (Å²) in [5.41, 5.74) is 0. The molecule has 0 radical (unpaired) electrons. The van der Waals surface area contributed by atoms with E-state index >= 15 is 0 Å². The topological polar surface area (TPSA) is 32.3 Å². The van der Waals surface area contributed by atoms with Crippen LogP contribution in [-0.4, -0.2) is 30.1 Å². The zero-order valence-electron chi connectivity index (χ0n) is 9.12. The summed E-state index contributed by atoms with van der Waals surface area (Å²) in [6.07, 6.45) is 4.23. The van der Waals surface area contributed by atoms with Crippen molar-refractivity contribution in [1.29, 1.82) is 0 Å². The van der Waals surface area contributed by atoms with Crippen LogP contribution in [-0.2, 0) is 4.79 Å². The number of carbonyl (C=O) groups is 1. The Labute approximate surface area is 85.8 Å². The Morgan fingerprint density at radius 1 is 1.43 bits per heavy atom. The summed E-state index contributed by atoms with van der Waals surface area (Å²) >= 11 is 0. The molecule has 1 saturated carbocycles. The van der Waals surface area contributed by atoms with Gasteiger partial charge in [0.1, 0.15) is 0 Å². The molecule has 1 amide bonds. The zero-order valence-corrected chi connectivity index (χ0v) is 9.12. The molecular formula is C11H20N2O. The predicted molar refractivity (Wildman–Crippen MR) is 55.7 cm³/mol. The first-order chi connectivity index (χ1) is 6.68. The van der Waals surface area contributed by atoms with Crippen molar-refractivity contribution in [2.24, 2.45) is 11.8 Å². The first-order valence-corrected chi connectivity index (χ1v) is 5.71. The number of rotatable bonds is 2. The molecule has 3 heteroatoms. The van der Waals surface area contributed by atoms with Gasteiger partial charge in [0.05, 0.1) is 12.7 Å². The fourth-order valence-corrected chi connectivity index (χ4v) is 2.67. The number of hydrogen-bond donors (Lipinski definition) is 1. The quantitative estimate of drug-likeness (QED) is 0.719. The molecule has 80 valence electrons. The minimum Gasteiger partial charge on any atom is -0.326 e. The van der Waals surface area contributed by atoms with Crippen molar-refractivity contribution < 1.29 is 4.79 Å². The van der Waals surface area contributed by atoms with E-state index in [1.54, 1.807) is 0 Å². The molecule has 2 aliphatic rings. The van der Waals surface area contributed by atoms with E-state index in [1.807, 2.05) is 4.90 Å². The maximum absolute atomic E-state index is 11.5. The number of carbonyl (C=O) groups excluding carboxylic acids is 1. The fraction of sp³-hybridized carbons (Fsp3) is 0.909. The van der Waals surface area contributed by atoms with E-state index in [0.29, 0.717) is 6.54 Å². The van der Waals surface area contributed by atoms with Crippen molar-refractivity contribution in [3.8, 4) is 0 Å². The number of nitrogens with one attached hydrogen (secondary N) is 1. The highest BCUT2D eigenvalue weighted by Gasteiger charge is 2.32. The molecule has 0 aromatic carbocycles. The van der Waals surface area contributed by atoms with Gasteiger partial charge in [0.2, 0.25) is 5.91 Å². The lowest BCUT2D eigenvalue weighted by Gasteiger charge is -2.26. The smallest absolute Gasteiger partial charge is 0.237 e. The molecule has 2 fully saturated rings. The highest BCUT2D eigenvalue weighted by atomic mass is 16.2. The lowest BCUT2D eigenvalue weighted by atomic mass is 9.97. The van der Waals surface area contributed by atoms with Crippen LogP contribution in [0.25, 0.3) is 0 Å². The van der Waals surface area contributed by atoms with Gasteiger partial charge >= 0.3 is 0 Å². The van der Waals surface area contributed by atoms with Gasteiger partial charge in [-0.25, -0.2) is 0 Å². The molecule has 0 bridgehead atoms. The second-order valence-electron chi connectivity index (χ2n) is 4.77. The van der Waals surface area contributed by atoms with Crippen LogP contribution in [0.15, 0.2) is 0 Å². The summed E-state index contributed by atoms with van der Waals surface area (Å²) < 4.78 is 0. The number of amides is 1. The SMILES string of the molecule is CC1CCCC1CN1C(=O)CNC1C. The summed E-state index contributed by atoms with van der Waals surface area (Å²) in [4.78, 5) is 13.5. The van der Waals surface area contributed by atoms with E-state index in [2.05, 4.69) is 19.2 Å². The first kappa shape index (κ1) is 9.97. The summed E-state index contributed by atoms with van der Waals surface area (Å²) in [5.74, 6) is 1.81. The van der Waals surface area contributed by atoms with E-state index < -0.39 is 0 Å². The maximum atomic E-state index is 11.5. The molecular weight excluding hydrogens is 176 g/mol. The maximum Gasteiger partial charge on any atom is 0.237 e. The fourth-order valence-electron chi connectivity index (χ4n) is 2.67. The van der Waals surface area contributed by atoms with Gasteiger partial charge in [0, 0.05) is 6.54 Å². The summed E-state index contributed by atoms with van der Waals surface area (Å²) in [7, 11) is 0. The van der Waals surface area contributed by atoms with E-state index in [1.165, 1.54) is 19.3 Å². The van der Waals surface area contributed by atoms with Crippen molar-refractivity contribution >= 4 is 5.91 Å². The largest absolute Gasteiger partial charge is 0.326 e. The van der Waals surface area contributed by atoms with Crippen molar-refractivity contribution in [2.45, 2.75) is 39.3 Å². The van der Waals surface area contributed by atoms with Crippen LogP contribution >= 0.6 is 0 Å². The lowest BCUT2D eigenvalue weighted by molar-refractivity contribution is -0.128. The van der Waals surface area contributed by atoms with Crippen LogP contribution < -0.4 is 5.32 Å². The molecule has 1 aliphatic heterocycles. The molecule has 3 atom stereocenters. The molecule has 1 saturated heterocycles. The Hall–Kier alpha value is -0.570. The van der Waals surface area contributed by atoms with E-state index in [0.717, 1.165) is 18.4 Å². The minimum atomic E-state index is 0.246. The van der Waals surface area contributed by atoms with Gasteiger partial charge in [-0.2, -0.15) is 0 Å². The van der Waals surface area contributed by atoms with Crippen molar-refractivity contribution in [1.82, 2.24) is 10.2 Å². The monoisotopic (exact) mass is 196 g/mol. The van der Waals surface area contributed by atoms with Gasteiger partial charge < -0.3 is 4.90 Å². The molecule has 1 N–H and O–H groups in total. The third-order valence-electron chi connectivity index (χ3n) is 3.81. The van der Waals surface area contributed by atoms with Crippen molar-refractivity contribution in [3.63, 3.8) is 0 Å². The molecule has 0 aromatic rings. The third-order valence-corrected chi connectivity index (χ3v) is 3.81. The van der Waals surface area contributed by atoms with Gasteiger partial charge in [-0.15, -0.1) is 0 Å². The van der Waals surface area contributed by atoms with E-state index in [4.69, 9.17) is 0 Å². The van der Waals surface area contributed by atoms with Gasteiger partial charge in [-0.05, 0) is 25.2 Å². The minimum absolute atomic E-state index is 0.246. The average Bonchev–Trinajstić information content (AvgIpc) is 2.67. The molecule has 0 aromatic heterocycles. The molecule has 1 aliphatic carbocycles. The molecule has 3 unspecified atom stereocenters. The van der Waals surface area contributed by atoms with Crippen LogP contribution in [0.3, 0.4) is 0 Å². The molecule has 0 spiro atoms. The van der Waals surface area contributed by atoms with Crippen LogP contribution in [0.5, 0.6) is 0 Å². The van der Waals surface area contributed by atoms with Gasteiger partial charge in [-0.1, -0.05) is 19.8 Å². The zero-order chi connectivity index (χ0) is 10.1. The average molecular weight is 196 g/mol. The molecule has 2 rings (SSSR count). The van der Waals surface area contributed by atoms with Gasteiger partial charge in [0.15, 0.2) is 0 Å². The number of hydrogen-bond acceptors (Lipinski definition) is 2. The first-order valence-electron chi connectivity index (χ1n) is 5.71. The van der Waals surface area contributed by atoms with Crippen LogP contribution in [0.4, 0.5) is 0 Å². The summed E-state index contributed by atoms with van der Waals surface area (Å²) in [5, 5.41) is 3.18. The Kier molecular flexibility index (Phi) is 2.77. The standard InChI is InChI=1S/C11H20N2O/c1-8-4-3-5-10(8)7-13-9(2)12-6-11(13)14/h8-10,12H,3-7H2,1-2H3. The Bertz CT molecular complexity index is 229. The number of nitrogens with zero attached hydrogens (tertiary/aromatic N) is 1. The highest BCUT2D eigenvalue weighted by Crippen LogP contribution is 2.32. The van der Waals surface area contributed by atoms with Gasteiger partial charge in [0.25, 0.3) is 0 Å². The highest BCUT2D eigenvalue weighted by molar-refractivity contribution is 5.80. The molecule has 1 heterocycles. The predicted octanol–water partition coefficient (Wildman–Crippen LogP) is 1.20. The Morgan fingerprint density at radius 3 is 2.71 bits per heavy atom.